The Hall–Kier alpha value is -1.59. The zero-order chi connectivity index (χ0) is 12.1. The lowest BCUT2D eigenvalue weighted by atomic mass is 10.4. The van der Waals surface area contributed by atoms with Crippen molar-refractivity contribution in [2.24, 2.45) is 4.99 Å². The molecule has 2 N–H and O–H groups in total. The van der Waals surface area contributed by atoms with Gasteiger partial charge >= 0.3 is 0 Å². The van der Waals surface area contributed by atoms with E-state index in [1.165, 1.54) is 12.8 Å². The van der Waals surface area contributed by atoms with Gasteiger partial charge in [0.1, 0.15) is 6.54 Å². The van der Waals surface area contributed by atoms with Gasteiger partial charge in [0.15, 0.2) is 11.8 Å². The summed E-state index contributed by atoms with van der Waals surface area (Å²) in [6.45, 7) is 6.16. The van der Waals surface area contributed by atoms with Gasteiger partial charge in [0.25, 0.3) is 0 Å². The quantitative estimate of drug-likeness (QED) is 0.590. The molecule has 1 saturated carbocycles. The summed E-state index contributed by atoms with van der Waals surface area (Å²) in [4.78, 5) is 8.69. The zero-order valence-electron chi connectivity index (χ0n) is 10.4. The summed E-state index contributed by atoms with van der Waals surface area (Å²) in [7, 11) is 0. The number of rotatable bonds is 5. The van der Waals surface area contributed by atoms with Crippen LogP contribution in [0.4, 0.5) is 0 Å². The molecule has 0 spiro atoms. The molecule has 1 heterocycles. The summed E-state index contributed by atoms with van der Waals surface area (Å²) in [5.41, 5.74) is 0. The van der Waals surface area contributed by atoms with Crippen molar-refractivity contribution in [1.82, 2.24) is 20.8 Å². The molecule has 6 heteroatoms. The summed E-state index contributed by atoms with van der Waals surface area (Å²) >= 11 is 0. The molecule has 0 saturated heterocycles. The van der Waals surface area contributed by atoms with Crippen LogP contribution in [-0.2, 0) is 6.54 Å². The SMILES string of the molecule is CCNC(=NCc1nc(C2CC2)no1)NCC. The highest BCUT2D eigenvalue weighted by atomic mass is 16.5. The fourth-order valence-electron chi connectivity index (χ4n) is 1.50. The molecular formula is C11H19N5O. The highest BCUT2D eigenvalue weighted by Crippen LogP contribution is 2.38. The van der Waals surface area contributed by atoms with Crippen molar-refractivity contribution in [3.05, 3.63) is 11.7 Å². The van der Waals surface area contributed by atoms with E-state index in [1.54, 1.807) is 0 Å². The van der Waals surface area contributed by atoms with Gasteiger partial charge in [-0.2, -0.15) is 4.98 Å². The molecule has 1 fully saturated rings. The van der Waals surface area contributed by atoms with Gasteiger partial charge in [0.05, 0.1) is 0 Å². The lowest BCUT2D eigenvalue weighted by molar-refractivity contribution is 0.375. The Morgan fingerprint density at radius 1 is 1.35 bits per heavy atom. The second-order valence-corrected chi connectivity index (χ2v) is 4.05. The third-order valence-electron chi connectivity index (χ3n) is 2.49. The fraction of sp³-hybridized carbons (Fsp3) is 0.727. The van der Waals surface area contributed by atoms with Gasteiger partial charge in [-0.1, -0.05) is 5.16 Å². The first kappa shape index (κ1) is 11.9. The molecule has 0 aromatic carbocycles. The molecule has 1 aromatic rings. The van der Waals surface area contributed by atoms with E-state index < -0.39 is 0 Å². The van der Waals surface area contributed by atoms with Crippen molar-refractivity contribution < 1.29 is 4.52 Å². The van der Waals surface area contributed by atoms with Crippen molar-refractivity contribution in [3.8, 4) is 0 Å². The molecule has 6 nitrogen and oxygen atoms in total. The molecular weight excluding hydrogens is 218 g/mol. The van der Waals surface area contributed by atoms with Crippen LogP contribution in [0.1, 0.15) is 44.3 Å². The monoisotopic (exact) mass is 237 g/mol. The summed E-state index contributed by atoms with van der Waals surface area (Å²) < 4.78 is 5.15. The van der Waals surface area contributed by atoms with Crippen LogP contribution in [0.2, 0.25) is 0 Å². The van der Waals surface area contributed by atoms with Crippen molar-refractivity contribution in [1.29, 1.82) is 0 Å². The van der Waals surface area contributed by atoms with Gasteiger partial charge in [-0.3, -0.25) is 0 Å². The zero-order valence-corrected chi connectivity index (χ0v) is 10.4. The van der Waals surface area contributed by atoms with E-state index in [4.69, 9.17) is 4.52 Å². The Balaban J connectivity index is 1.90. The number of aliphatic imine (C=N–C) groups is 1. The highest BCUT2D eigenvalue weighted by Gasteiger charge is 2.28. The standard InChI is InChI=1S/C11H19N5O/c1-3-12-11(13-4-2)14-7-9-15-10(16-17-9)8-5-6-8/h8H,3-7H2,1-2H3,(H2,12,13,14). The molecule has 17 heavy (non-hydrogen) atoms. The fourth-order valence-corrected chi connectivity index (χ4v) is 1.50. The Labute approximate surface area is 101 Å². The number of nitrogens with one attached hydrogen (secondary N) is 2. The van der Waals surface area contributed by atoms with E-state index >= 15 is 0 Å². The third-order valence-corrected chi connectivity index (χ3v) is 2.49. The number of nitrogens with zero attached hydrogens (tertiary/aromatic N) is 3. The number of guanidine groups is 1. The second kappa shape index (κ2) is 5.65. The third kappa shape index (κ3) is 3.44. The van der Waals surface area contributed by atoms with Crippen molar-refractivity contribution in [2.45, 2.75) is 39.2 Å². The molecule has 0 unspecified atom stereocenters. The molecule has 2 rings (SSSR count). The van der Waals surface area contributed by atoms with Crippen LogP contribution < -0.4 is 10.6 Å². The Morgan fingerprint density at radius 2 is 2.06 bits per heavy atom. The largest absolute Gasteiger partial charge is 0.357 e. The van der Waals surface area contributed by atoms with E-state index in [2.05, 4.69) is 25.8 Å². The van der Waals surface area contributed by atoms with Gasteiger partial charge < -0.3 is 15.2 Å². The predicted molar refractivity (Wildman–Crippen MR) is 64.8 cm³/mol. The topological polar surface area (TPSA) is 75.3 Å². The van der Waals surface area contributed by atoms with Crippen molar-refractivity contribution in [2.75, 3.05) is 13.1 Å². The van der Waals surface area contributed by atoms with E-state index in [0.717, 1.165) is 24.9 Å². The van der Waals surface area contributed by atoms with Crippen molar-refractivity contribution in [3.63, 3.8) is 0 Å². The van der Waals surface area contributed by atoms with E-state index in [-0.39, 0.29) is 0 Å². The maximum atomic E-state index is 5.15. The average Bonchev–Trinajstić information content (AvgIpc) is 3.07. The van der Waals surface area contributed by atoms with Gasteiger partial charge in [-0.15, -0.1) is 0 Å². The van der Waals surface area contributed by atoms with Crippen LogP contribution in [0, 0.1) is 0 Å². The Bertz CT molecular complexity index is 375. The predicted octanol–water partition coefficient (Wildman–Crippen LogP) is 1.02. The highest BCUT2D eigenvalue weighted by molar-refractivity contribution is 5.79. The average molecular weight is 237 g/mol. The van der Waals surface area contributed by atoms with Crippen LogP contribution in [0.15, 0.2) is 9.52 Å². The minimum absolute atomic E-state index is 0.426. The minimum atomic E-state index is 0.426. The van der Waals surface area contributed by atoms with Gasteiger partial charge in [-0.25, -0.2) is 4.99 Å². The first-order chi connectivity index (χ1) is 8.33. The molecule has 0 amide bonds. The van der Waals surface area contributed by atoms with Gasteiger partial charge in [0.2, 0.25) is 5.89 Å². The second-order valence-electron chi connectivity index (χ2n) is 4.05. The summed E-state index contributed by atoms with van der Waals surface area (Å²) in [5.74, 6) is 2.73. The summed E-state index contributed by atoms with van der Waals surface area (Å²) in [6, 6.07) is 0. The first-order valence-electron chi connectivity index (χ1n) is 6.18. The molecule has 0 aliphatic heterocycles. The number of hydrogen-bond acceptors (Lipinski definition) is 4. The summed E-state index contributed by atoms with van der Waals surface area (Å²) in [5, 5.41) is 10.2. The summed E-state index contributed by atoms with van der Waals surface area (Å²) in [6.07, 6.45) is 2.37. The normalized spacial score (nSPS) is 14.5. The Kier molecular flexibility index (Phi) is 3.95. The van der Waals surface area contributed by atoms with Crippen LogP contribution in [-0.4, -0.2) is 29.2 Å². The maximum Gasteiger partial charge on any atom is 0.248 e. The molecule has 1 aliphatic rings. The number of aromatic nitrogens is 2. The van der Waals surface area contributed by atoms with Gasteiger partial charge in [-0.05, 0) is 26.7 Å². The Morgan fingerprint density at radius 3 is 2.65 bits per heavy atom. The molecule has 1 aromatic heterocycles. The van der Waals surface area contributed by atoms with Crippen LogP contribution >= 0.6 is 0 Å². The molecule has 0 atom stereocenters. The molecule has 1 aliphatic carbocycles. The lowest BCUT2D eigenvalue weighted by Crippen LogP contribution is -2.36. The smallest absolute Gasteiger partial charge is 0.248 e. The van der Waals surface area contributed by atoms with E-state index in [0.29, 0.717) is 18.4 Å². The lowest BCUT2D eigenvalue weighted by Gasteiger charge is -2.07. The molecule has 94 valence electrons. The van der Waals surface area contributed by atoms with Crippen LogP contribution in [0.3, 0.4) is 0 Å². The molecule has 0 radical (unpaired) electrons. The van der Waals surface area contributed by atoms with Gasteiger partial charge in [0, 0.05) is 19.0 Å². The van der Waals surface area contributed by atoms with E-state index in [1.807, 2.05) is 13.8 Å². The maximum absolute atomic E-state index is 5.15. The molecule has 0 bridgehead atoms. The first-order valence-corrected chi connectivity index (χ1v) is 6.18. The van der Waals surface area contributed by atoms with Crippen LogP contribution in [0.5, 0.6) is 0 Å². The van der Waals surface area contributed by atoms with Crippen molar-refractivity contribution >= 4 is 5.96 Å². The van der Waals surface area contributed by atoms with Crippen LogP contribution in [0.25, 0.3) is 0 Å². The van der Waals surface area contributed by atoms with E-state index in [9.17, 15) is 0 Å². The number of hydrogen-bond donors (Lipinski definition) is 2. The minimum Gasteiger partial charge on any atom is -0.357 e.